The van der Waals surface area contributed by atoms with Crippen LogP contribution in [0.2, 0.25) is 0 Å². The van der Waals surface area contributed by atoms with Crippen LogP contribution in [0.4, 0.5) is 10.2 Å². The van der Waals surface area contributed by atoms with Crippen molar-refractivity contribution in [2.24, 2.45) is 0 Å². The molecule has 2 aliphatic heterocycles. The fourth-order valence-corrected chi connectivity index (χ4v) is 4.99. The Morgan fingerprint density at radius 1 is 1.25 bits per heavy atom. The summed E-state index contributed by atoms with van der Waals surface area (Å²) >= 11 is 0. The van der Waals surface area contributed by atoms with Crippen molar-refractivity contribution in [1.82, 2.24) is 24.9 Å². The van der Waals surface area contributed by atoms with E-state index in [2.05, 4.69) is 26.9 Å². The Labute approximate surface area is 185 Å². The molecule has 166 valence electrons. The first-order valence-corrected chi connectivity index (χ1v) is 11.1. The highest BCUT2D eigenvalue weighted by molar-refractivity contribution is 5.75. The maximum Gasteiger partial charge on any atom is 0.218 e. The van der Waals surface area contributed by atoms with Crippen LogP contribution >= 0.6 is 0 Å². The highest BCUT2D eigenvalue weighted by Crippen LogP contribution is 2.41. The zero-order valence-electron chi connectivity index (χ0n) is 17.9. The quantitative estimate of drug-likeness (QED) is 0.579. The van der Waals surface area contributed by atoms with E-state index < -0.39 is 0 Å². The summed E-state index contributed by atoms with van der Waals surface area (Å²) in [7, 11) is 0. The van der Waals surface area contributed by atoms with Gasteiger partial charge in [-0.2, -0.15) is 5.10 Å². The van der Waals surface area contributed by atoms with Gasteiger partial charge in [0.05, 0.1) is 42.8 Å². The second-order valence-corrected chi connectivity index (χ2v) is 8.84. The molecule has 0 saturated heterocycles. The molecule has 9 heteroatoms. The van der Waals surface area contributed by atoms with Crippen molar-refractivity contribution in [3.05, 3.63) is 48.2 Å². The molecular weight excluding hydrogens is 411 g/mol. The number of rotatable bonds is 0. The molecule has 5 heterocycles. The number of ether oxygens (including phenoxy) is 2. The fraction of sp³-hybridized carbons (Fsp3) is 0.435. The Morgan fingerprint density at radius 3 is 3.03 bits per heavy atom. The van der Waals surface area contributed by atoms with Crippen LogP contribution in [0.15, 0.2) is 31.2 Å². The molecule has 0 unspecified atom stereocenters. The smallest absolute Gasteiger partial charge is 0.218 e. The molecule has 8 nitrogen and oxygen atoms in total. The Hall–Kier alpha value is -3.36. The third kappa shape index (κ3) is 3.14. The monoisotopic (exact) mass is 436 g/mol. The molecule has 3 aromatic heterocycles. The Kier molecular flexibility index (Phi) is 4.44. The molecule has 0 spiro atoms. The summed E-state index contributed by atoms with van der Waals surface area (Å²) < 4.78 is 28.4. The van der Waals surface area contributed by atoms with E-state index in [0.717, 1.165) is 37.1 Å². The van der Waals surface area contributed by atoms with Crippen molar-refractivity contribution in [2.75, 3.05) is 11.5 Å². The summed E-state index contributed by atoms with van der Waals surface area (Å²) in [4.78, 5) is 11.5. The van der Waals surface area contributed by atoms with Crippen LogP contribution < -0.4 is 19.7 Å². The van der Waals surface area contributed by atoms with Gasteiger partial charge < -0.3 is 19.7 Å². The molecule has 2 bridgehead atoms. The number of halogens is 1. The van der Waals surface area contributed by atoms with E-state index in [1.54, 1.807) is 10.7 Å². The number of hydrogen-bond donors (Lipinski definition) is 1. The van der Waals surface area contributed by atoms with E-state index >= 15 is 0 Å². The summed E-state index contributed by atoms with van der Waals surface area (Å²) in [5.74, 6) is 1.47. The van der Waals surface area contributed by atoms with E-state index in [0.29, 0.717) is 41.7 Å². The number of aromatic nitrogens is 4. The Balaban J connectivity index is 1.55. The van der Waals surface area contributed by atoms with E-state index in [9.17, 15) is 4.39 Å². The van der Waals surface area contributed by atoms with E-state index in [4.69, 9.17) is 14.5 Å². The number of anilines is 1. The van der Waals surface area contributed by atoms with Crippen molar-refractivity contribution in [3.8, 4) is 11.6 Å². The molecule has 32 heavy (non-hydrogen) atoms. The van der Waals surface area contributed by atoms with Crippen molar-refractivity contribution in [1.29, 1.82) is 0 Å². The van der Waals surface area contributed by atoms with Crippen molar-refractivity contribution in [2.45, 2.75) is 57.3 Å². The number of pyridine rings is 1. The summed E-state index contributed by atoms with van der Waals surface area (Å²) in [5, 5.41) is 7.84. The Bertz CT molecular complexity index is 1210. The van der Waals surface area contributed by atoms with Gasteiger partial charge in [-0.25, -0.2) is 18.9 Å². The van der Waals surface area contributed by atoms with Crippen LogP contribution in [0, 0.1) is 5.82 Å². The van der Waals surface area contributed by atoms with Crippen LogP contribution in [0.3, 0.4) is 0 Å². The lowest BCUT2D eigenvalue weighted by Gasteiger charge is -2.45. The van der Waals surface area contributed by atoms with Gasteiger partial charge in [0.15, 0.2) is 17.2 Å². The predicted octanol–water partition coefficient (Wildman–Crippen LogP) is 3.31. The van der Waals surface area contributed by atoms with Gasteiger partial charge in [0.25, 0.3) is 0 Å². The minimum absolute atomic E-state index is 0.0468. The molecule has 0 radical (unpaired) electrons. The topological polar surface area (TPSA) is 76.8 Å². The third-order valence-corrected chi connectivity index (χ3v) is 6.51. The average molecular weight is 436 g/mol. The van der Waals surface area contributed by atoms with Crippen LogP contribution in [0.1, 0.15) is 43.7 Å². The largest absolute Gasteiger partial charge is 0.483 e. The predicted molar refractivity (Wildman–Crippen MR) is 117 cm³/mol. The molecule has 3 aromatic rings. The van der Waals surface area contributed by atoms with Gasteiger partial charge in [-0.05, 0) is 32.3 Å². The van der Waals surface area contributed by atoms with Gasteiger partial charge in [-0.15, -0.1) is 0 Å². The highest BCUT2D eigenvalue weighted by Gasteiger charge is 2.39. The average Bonchev–Trinajstić information content (AvgIpc) is 3.19. The van der Waals surface area contributed by atoms with Crippen molar-refractivity contribution >= 4 is 17.2 Å². The van der Waals surface area contributed by atoms with Gasteiger partial charge in [-0.1, -0.05) is 13.0 Å². The number of nitrogens with one attached hydrogen (secondary N) is 1. The zero-order chi connectivity index (χ0) is 21.8. The lowest BCUT2D eigenvalue weighted by atomic mass is 9.89. The van der Waals surface area contributed by atoms with E-state index in [1.165, 1.54) is 12.3 Å². The SMILES string of the molecule is C=C1N[C@H](C)COc2ncc(F)cc2CN2c3nc4c1cnn4cc3O[C@H]1CCCC[C@H]12. The summed E-state index contributed by atoms with van der Waals surface area (Å²) in [5.41, 5.74) is 2.94. The highest BCUT2D eigenvalue weighted by atomic mass is 19.1. The van der Waals surface area contributed by atoms with Crippen LogP contribution in [-0.4, -0.2) is 44.4 Å². The van der Waals surface area contributed by atoms with Gasteiger partial charge in [0, 0.05) is 11.3 Å². The second kappa shape index (κ2) is 7.36. The molecule has 3 aliphatic rings. The van der Waals surface area contributed by atoms with Gasteiger partial charge >= 0.3 is 0 Å². The molecule has 1 fully saturated rings. The van der Waals surface area contributed by atoms with Gasteiger partial charge in [0.2, 0.25) is 5.88 Å². The summed E-state index contributed by atoms with van der Waals surface area (Å²) in [6.45, 7) is 6.99. The first-order valence-electron chi connectivity index (χ1n) is 11.1. The maximum atomic E-state index is 14.2. The van der Waals surface area contributed by atoms with Crippen molar-refractivity contribution < 1.29 is 13.9 Å². The normalized spacial score (nSPS) is 24.9. The molecule has 6 rings (SSSR count). The van der Waals surface area contributed by atoms with Gasteiger partial charge in [-0.3, -0.25) is 0 Å². The van der Waals surface area contributed by atoms with Gasteiger partial charge in [0.1, 0.15) is 18.5 Å². The summed E-state index contributed by atoms with van der Waals surface area (Å²) in [6.07, 6.45) is 9.13. The molecule has 3 atom stereocenters. The minimum atomic E-state index is -0.383. The Morgan fingerprint density at radius 2 is 2.12 bits per heavy atom. The lowest BCUT2D eigenvalue weighted by molar-refractivity contribution is 0.111. The molecule has 0 amide bonds. The zero-order valence-corrected chi connectivity index (χ0v) is 17.9. The van der Waals surface area contributed by atoms with E-state index in [1.807, 2.05) is 13.1 Å². The third-order valence-electron chi connectivity index (χ3n) is 6.51. The maximum absolute atomic E-state index is 14.2. The first kappa shape index (κ1) is 19.3. The lowest BCUT2D eigenvalue weighted by Crippen LogP contribution is -2.51. The number of hydrogen-bond acceptors (Lipinski definition) is 7. The van der Waals surface area contributed by atoms with Crippen LogP contribution in [0.5, 0.6) is 11.6 Å². The standard InChI is InChI=1S/C23H25FN6O2/c1-13-12-31-23-15(7-16(24)8-25-23)10-29-18-5-3-4-6-19(18)32-20-11-30-21(28-22(20)29)17(9-26-30)14(2)27-13/h7-9,11,13,18-19,27H,2-6,10,12H2,1H3/t13-,18-,19+/m1/s1. The minimum Gasteiger partial charge on any atom is -0.483 e. The second-order valence-electron chi connectivity index (χ2n) is 8.84. The first-order chi connectivity index (χ1) is 15.6. The van der Waals surface area contributed by atoms with Crippen LogP contribution in [0.25, 0.3) is 11.3 Å². The number of nitrogens with zero attached hydrogens (tertiary/aromatic N) is 5. The molecular formula is C23H25FN6O2. The van der Waals surface area contributed by atoms with E-state index in [-0.39, 0.29) is 24.0 Å². The van der Waals surface area contributed by atoms with Crippen molar-refractivity contribution in [3.63, 3.8) is 0 Å². The summed E-state index contributed by atoms with van der Waals surface area (Å²) in [6, 6.07) is 1.61. The molecule has 1 saturated carbocycles. The molecule has 1 N–H and O–H groups in total. The van der Waals surface area contributed by atoms with Crippen LogP contribution in [-0.2, 0) is 6.54 Å². The fourth-order valence-electron chi connectivity index (χ4n) is 4.99. The molecule has 0 aromatic carbocycles. The molecule has 1 aliphatic carbocycles. The number of fused-ring (bicyclic) bond motifs is 3.